The van der Waals surface area contributed by atoms with E-state index in [1.165, 1.54) is 0 Å². The van der Waals surface area contributed by atoms with Crippen LogP contribution in [0.25, 0.3) is 0 Å². The fourth-order valence-corrected chi connectivity index (χ4v) is 2.30. The lowest BCUT2D eigenvalue weighted by atomic mass is 10.1. The summed E-state index contributed by atoms with van der Waals surface area (Å²) in [6, 6.07) is 13.9. The Morgan fingerprint density at radius 2 is 1.92 bits per heavy atom. The first-order chi connectivity index (χ1) is 11.6. The monoisotopic (exact) mass is 328 g/mol. The van der Waals surface area contributed by atoms with Crippen LogP contribution in [0.5, 0.6) is 5.75 Å². The van der Waals surface area contributed by atoms with Crippen molar-refractivity contribution >= 4 is 17.7 Å². The smallest absolute Gasteiger partial charge is 0.316 e. The van der Waals surface area contributed by atoms with Gasteiger partial charge in [-0.05, 0) is 29.3 Å². The highest BCUT2D eigenvalue weighted by Gasteiger charge is 2.08. The van der Waals surface area contributed by atoms with Gasteiger partial charge in [-0.3, -0.25) is 4.79 Å². The molecular weight excluding hydrogens is 308 g/mol. The maximum atomic E-state index is 11.9. The van der Waals surface area contributed by atoms with Crippen molar-refractivity contribution in [3.63, 3.8) is 0 Å². The number of methoxy groups -OCH3 is 1. The van der Waals surface area contributed by atoms with Crippen LogP contribution >= 0.6 is 0 Å². The highest BCUT2D eigenvalue weighted by molar-refractivity contribution is 5.88. The van der Waals surface area contributed by atoms with Crippen LogP contribution in [0.3, 0.4) is 0 Å². The van der Waals surface area contributed by atoms with Gasteiger partial charge in [0.15, 0.2) is 0 Å². The molecule has 24 heavy (non-hydrogen) atoms. The van der Waals surface area contributed by atoms with Crippen molar-refractivity contribution in [2.45, 2.75) is 12.8 Å². The van der Waals surface area contributed by atoms with Crippen molar-refractivity contribution in [3.8, 4) is 5.75 Å². The molecule has 6 heteroatoms. The third kappa shape index (κ3) is 5.31. The number of nitrogens with two attached hydrogens (primary N) is 1. The molecule has 2 amide bonds. The van der Waals surface area contributed by atoms with E-state index in [1.54, 1.807) is 31.4 Å². The lowest BCUT2D eigenvalue weighted by molar-refractivity contribution is -0.142. The number of hydrogen-bond acceptors (Lipinski definition) is 4. The summed E-state index contributed by atoms with van der Waals surface area (Å²) in [5, 5.41) is 2.47. The Labute approximate surface area is 140 Å². The van der Waals surface area contributed by atoms with Gasteiger partial charge in [0.05, 0.1) is 20.1 Å². The highest BCUT2D eigenvalue weighted by atomic mass is 16.5. The largest absolute Gasteiger partial charge is 0.496 e. The number of esters is 1. The van der Waals surface area contributed by atoms with Crippen LogP contribution in [0.15, 0.2) is 48.5 Å². The molecule has 0 aliphatic carbocycles. The van der Waals surface area contributed by atoms with E-state index in [-0.39, 0.29) is 19.0 Å². The molecule has 0 aliphatic heterocycles. The van der Waals surface area contributed by atoms with Crippen molar-refractivity contribution < 1.29 is 19.1 Å². The third-order valence-electron chi connectivity index (χ3n) is 3.37. The zero-order valence-corrected chi connectivity index (χ0v) is 13.5. The van der Waals surface area contributed by atoms with E-state index in [2.05, 4.69) is 5.32 Å². The van der Waals surface area contributed by atoms with Crippen molar-refractivity contribution in [2.24, 2.45) is 5.73 Å². The maximum absolute atomic E-state index is 11.9. The van der Waals surface area contributed by atoms with Gasteiger partial charge in [0.25, 0.3) is 0 Å². The molecule has 2 rings (SSSR count). The summed E-state index contributed by atoms with van der Waals surface area (Å²) in [6.07, 6.45) is 0.708. The third-order valence-corrected chi connectivity index (χ3v) is 3.37. The molecule has 3 N–H and O–H groups in total. The topological polar surface area (TPSA) is 90.7 Å². The van der Waals surface area contributed by atoms with Crippen LogP contribution in [0.4, 0.5) is 10.5 Å². The van der Waals surface area contributed by atoms with E-state index >= 15 is 0 Å². The number of anilines is 1. The van der Waals surface area contributed by atoms with Gasteiger partial charge in [0, 0.05) is 12.1 Å². The Bertz CT molecular complexity index is 716. The average molecular weight is 328 g/mol. The number of rotatable bonds is 7. The number of benzene rings is 2. The second kappa shape index (κ2) is 8.57. The number of hydrogen-bond donors (Lipinski definition) is 2. The quantitative estimate of drug-likeness (QED) is 0.764. The highest BCUT2D eigenvalue weighted by Crippen LogP contribution is 2.18. The molecule has 0 heterocycles. The van der Waals surface area contributed by atoms with E-state index in [0.29, 0.717) is 12.1 Å². The lowest BCUT2D eigenvalue weighted by Gasteiger charge is -2.09. The molecule has 0 saturated heterocycles. The van der Waals surface area contributed by atoms with Gasteiger partial charge in [0.1, 0.15) is 5.75 Å². The number of para-hydroxylation sites is 1. The molecule has 6 nitrogen and oxygen atoms in total. The second-order valence-corrected chi connectivity index (χ2v) is 5.15. The van der Waals surface area contributed by atoms with Crippen LogP contribution in [0.2, 0.25) is 0 Å². The Kier molecular flexibility index (Phi) is 6.19. The van der Waals surface area contributed by atoms with Gasteiger partial charge >= 0.3 is 12.0 Å². The van der Waals surface area contributed by atoms with E-state index in [0.717, 1.165) is 16.9 Å². The number of carbonyl (C=O) groups is 2. The van der Waals surface area contributed by atoms with Crippen molar-refractivity contribution in [2.75, 3.05) is 19.0 Å². The van der Waals surface area contributed by atoms with Crippen LogP contribution in [0, 0.1) is 0 Å². The molecule has 0 aliphatic rings. The maximum Gasteiger partial charge on any atom is 0.316 e. The average Bonchev–Trinajstić information content (AvgIpc) is 2.55. The van der Waals surface area contributed by atoms with Crippen LogP contribution < -0.4 is 15.8 Å². The minimum absolute atomic E-state index is 0.125. The number of nitrogens with one attached hydrogen (secondary N) is 1. The molecule has 0 radical (unpaired) electrons. The SMILES string of the molecule is COc1ccccc1CCOC(=O)Cc1cccc(NC(N)=O)c1. The van der Waals surface area contributed by atoms with E-state index in [9.17, 15) is 9.59 Å². The fraction of sp³-hybridized carbons (Fsp3) is 0.222. The van der Waals surface area contributed by atoms with Crippen molar-refractivity contribution in [1.82, 2.24) is 0 Å². The molecular formula is C18H20N2O4. The molecule has 2 aromatic rings. The first-order valence-electron chi connectivity index (χ1n) is 7.51. The summed E-state index contributed by atoms with van der Waals surface area (Å²) < 4.78 is 10.5. The molecule has 0 fully saturated rings. The van der Waals surface area contributed by atoms with Crippen LogP contribution in [0.1, 0.15) is 11.1 Å². The molecule has 0 aromatic heterocycles. The van der Waals surface area contributed by atoms with Gasteiger partial charge < -0.3 is 20.5 Å². The first-order valence-corrected chi connectivity index (χ1v) is 7.51. The molecule has 0 spiro atoms. The zero-order valence-electron chi connectivity index (χ0n) is 13.5. The molecule has 0 atom stereocenters. The Balaban J connectivity index is 1.84. The summed E-state index contributed by atoms with van der Waals surface area (Å²) >= 11 is 0. The minimum atomic E-state index is -0.647. The summed E-state index contributed by atoms with van der Waals surface area (Å²) in [7, 11) is 1.61. The lowest BCUT2D eigenvalue weighted by Crippen LogP contribution is -2.19. The number of carbonyl (C=O) groups excluding carboxylic acids is 2. The number of ether oxygens (including phenoxy) is 2. The zero-order chi connectivity index (χ0) is 17.4. The van der Waals surface area contributed by atoms with Gasteiger partial charge in [0.2, 0.25) is 0 Å². The molecule has 0 saturated carbocycles. The van der Waals surface area contributed by atoms with Crippen molar-refractivity contribution in [3.05, 3.63) is 59.7 Å². The Hall–Kier alpha value is -3.02. The van der Waals surface area contributed by atoms with Gasteiger partial charge in [-0.2, -0.15) is 0 Å². The summed E-state index contributed by atoms with van der Waals surface area (Å²) in [5.74, 6) is 0.444. The summed E-state index contributed by atoms with van der Waals surface area (Å²) in [4.78, 5) is 22.8. The van der Waals surface area contributed by atoms with Gasteiger partial charge in [-0.25, -0.2) is 4.79 Å². The van der Waals surface area contributed by atoms with Gasteiger partial charge in [-0.15, -0.1) is 0 Å². The fourth-order valence-electron chi connectivity index (χ4n) is 2.30. The van der Waals surface area contributed by atoms with E-state index in [1.807, 2.05) is 24.3 Å². The second-order valence-electron chi connectivity index (χ2n) is 5.15. The number of amides is 2. The minimum Gasteiger partial charge on any atom is -0.496 e. The van der Waals surface area contributed by atoms with Crippen molar-refractivity contribution in [1.29, 1.82) is 0 Å². The molecule has 0 unspecified atom stereocenters. The van der Waals surface area contributed by atoms with Gasteiger partial charge in [-0.1, -0.05) is 30.3 Å². The molecule has 126 valence electrons. The van der Waals surface area contributed by atoms with E-state index in [4.69, 9.17) is 15.2 Å². The summed E-state index contributed by atoms with van der Waals surface area (Å²) in [5.41, 5.74) is 7.34. The normalized spacial score (nSPS) is 10.0. The number of primary amides is 1. The predicted molar refractivity (Wildman–Crippen MR) is 91.0 cm³/mol. The predicted octanol–water partition coefficient (Wildman–Crippen LogP) is 2.51. The Morgan fingerprint density at radius 1 is 1.12 bits per heavy atom. The molecule has 0 bridgehead atoms. The molecule has 2 aromatic carbocycles. The Morgan fingerprint density at radius 3 is 2.67 bits per heavy atom. The summed E-state index contributed by atoms with van der Waals surface area (Å²) in [6.45, 7) is 0.276. The number of urea groups is 1. The standard InChI is InChI=1S/C18H20N2O4/c1-23-16-8-3-2-6-14(16)9-10-24-17(21)12-13-5-4-7-15(11-13)20-18(19)22/h2-8,11H,9-10,12H2,1H3,(H3,19,20,22). The first kappa shape index (κ1) is 17.3. The van der Waals surface area contributed by atoms with Crippen LogP contribution in [-0.4, -0.2) is 25.7 Å². The van der Waals surface area contributed by atoms with Crippen LogP contribution in [-0.2, 0) is 22.4 Å². The van der Waals surface area contributed by atoms with E-state index < -0.39 is 6.03 Å².